The molecule has 0 aliphatic carbocycles. The molecule has 1 aliphatic rings. The topological polar surface area (TPSA) is 67.2 Å². The van der Waals surface area contributed by atoms with Crippen molar-refractivity contribution in [3.8, 4) is 0 Å². The molecular weight excluding hydrogens is 323 g/mol. The Labute approximate surface area is 143 Å². The zero-order valence-corrected chi connectivity index (χ0v) is 13.5. The highest BCUT2D eigenvalue weighted by Gasteiger charge is 2.22. The van der Waals surface area contributed by atoms with Gasteiger partial charge in [0, 0.05) is 26.2 Å². The first-order chi connectivity index (χ1) is 12.2. The van der Waals surface area contributed by atoms with E-state index in [1.54, 1.807) is 10.7 Å². The Kier molecular flexibility index (Phi) is 4.01. The first kappa shape index (κ1) is 15.5. The minimum Gasteiger partial charge on any atom is -0.353 e. The molecule has 1 fully saturated rings. The summed E-state index contributed by atoms with van der Waals surface area (Å²) in [6, 6.07) is 10.6. The molecule has 0 N–H and O–H groups in total. The van der Waals surface area contributed by atoms with Crippen LogP contribution in [-0.2, 0) is 11.3 Å². The van der Waals surface area contributed by atoms with Crippen LogP contribution < -0.4 is 4.90 Å². The molecule has 0 saturated carbocycles. The number of rotatable bonds is 3. The summed E-state index contributed by atoms with van der Waals surface area (Å²) in [4.78, 5) is 20.5. The van der Waals surface area contributed by atoms with E-state index in [1.165, 1.54) is 12.3 Å². The minimum atomic E-state index is -0.349. The molecule has 2 aromatic heterocycles. The number of aromatic nitrogens is 4. The van der Waals surface area contributed by atoms with Gasteiger partial charge in [0.15, 0.2) is 0 Å². The van der Waals surface area contributed by atoms with E-state index < -0.39 is 0 Å². The molecule has 0 spiro atoms. The summed E-state index contributed by atoms with van der Waals surface area (Å²) < 4.78 is 14.6. The second-order valence-electron chi connectivity index (χ2n) is 5.94. The van der Waals surface area contributed by atoms with E-state index in [0.717, 1.165) is 16.9 Å². The number of amides is 1. The third-order valence-corrected chi connectivity index (χ3v) is 4.37. The number of halogens is 1. The Balaban J connectivity index is 1.39. The summed E-state index contributed by atoms with van der Waals surface area (Å²) in [6.07, 6.45) is 1.21. The zero-order chi connectivity index (χ0) is 17.2. The summed E-state index contributed by atoms with van der Waals surface area (Å²) in [5, 5.41) is 8.13. The Bertz CT molecular complexity index is 886. The fraction of sp³-hybridized carbons (Fsp3) is 0.294. The van der Waals surface area contributed by atoms with Gasteiger partial charge in [-0.25, -0.2) is 14.1 Å². The SMILES string of the molecule is O=C(Cn1nnc2ccccc21)N1CCN(c2ccc(F)cn2)CC1. The van der Waals surface area contributed by atoms with E-state index in [-0.39, 0.29) is 18.3 Å². The third-order valence-electron chi connectivity index (χ3n) is 4.37. The van der Waals surface area contributed by atoms with Crippen LogP contribution in [0.5, 0.6) is 0 Å². The molecule has 25 heavy (non-hydrogen) atoms. The number of hydrogen-bond donors (Lipinski definition) is 0. The Morgan fingerprint density at radius 1 is 1.08 bits per heavy atom. The lowest BCUT2D eigenvalue weighted by Gasteiger charge is -2.35. The summed E-state index contributed by atoms with van der Waals surface area (Å²) in [7, 11) is 0. The van der Waals surface area contributed by atoms with E-state index in [1.807, 2.05) is 34.1 Å². The molecule has 0 radical (unpaired) electrons. The van der Waals surface area contributed by atoms with Crippen LogP contribution in [0, 0.1) is 5.82 Å². The van der Waals surface area contributed by atoms with Crippen molar-refractivity contribution < 1.29 is 9.18 Å². The van der Waals surface area contributed by atoms with Crippen LogP contribution in [0.25, 0.3) is 11.0 Å². The molecule has 3 aromatic rings. The van der Waals surface area contributed by atoms with Gasteiger partial charge in [0.05, 0.1) is 11.7 Å². The van der Waals surface area contributed by atoms with Crippen molar-refractivity contribution in [3.05, 3.63) is 48.4 Å². The van der Waals surface area contributed by atoms with Crippen molar-refractivity contribution in [2.75, 3.05) is 31.1 Å². The lowest BCUT2D eigenvalue weighted by atomic mass is 10.3. The highest BCUT2D eigenvalue weighted by atomic mass is 19.1. The summed E-state index contributed by atoms with van der Waals surface area (Å²) in [6.45, 7) is 2.72. The predicted molar refractivity (Wildman–Crippen MR) is 90.5 cm³/mol. The average Bonchev–Trinajstić information content (AvgIpc) is 3.06. The van der Waals surface area contributed by atoms with E-state index >= 15 is 0 Å². The number of nitrogens with zero attached hydrogens (tertiary/aromatic N) is 6. The predicted octanol–water partition coefficient (Wildman–Crippen LogP) is 1.31. The number of benzene rings is 1. The van der Waals surface area contributed by atoms with Crippen molar-refractivity contribution in [3.63, 3.8) is 0 Å². The van der Waals surface area contributed by atoms with Crippen LogP contribution in [0.3, 0.4) is 0 Å². The van der Waals surface area contributed by atoms with Crippen molar-refractivity contribution in [2.24, 2.45) is 0 Å². The van der Waals surface area contributed by atoms with Gasteiger partial charge in [-0.2, -0.15) is 0 Å². The molecule has 7 nitrogen and oxygen atoms in total. The van der Waals surface area contributed by atoms with Crippen LogP contribution in [0.2, 0.25) is 0 Å². The standard InChI is InChI=1S/C17H17FN6O/c18-13-5-6-16(19-11-13)22-7-9-23(10-8-22)17(25)12-24-15-4-2-1-3-14(15)20-21-24/h1-6,11H,7-10,12H2. The van der Waals surface area contributed by atoms with Gasteiger partial charge >= 0.3 is 0 Å². The van der Waals surface area contributed by atoms with Gasteiger partial charge in [-0.1, -0.05) is 17.3 Å². The molecule has 1 saturated heterocycles. The van der Waals surface area contributed by atoms with Crippen molar-refractivity contribution in [1.82, 2.24) is 24.9 Å². The fourth-order valence-corrected chi connectivity index (χ4v) is 3.00. The second kappa shape index (κ2) is 6.46. The smallest absolute Gasteiger partial charge is 0.244 e. The third kappa shape index (κ3) is 3.15. The molecule has 1 aliphatic heterocycles. The average molecular weight is 340 g/mol. The molecule has 1 aromatic carbocycles. The molecule has 0 unspecified atom stereocenters. The Morgan fingerprint density at radius 3 is 2.64 bits per heavy atom. The first-order valence-electron chi connectivity index (χ1n) is 8.13. The lowest BCUT2D eigenvalue weighted by molar-refractivity contribution is -0.132. The number of para-hydroxylation sites is 1. The number of piperazine rings is 1. The number of carbonyl (C=O) groups excluding carboxylic acids is 1. The Hall–Kier alpha value is -3.03. The van der Waals surface area contributed by atoms with Crippen molar-refractivity contribution in [1.29, 1.82) is 0 Å². The molecule has 8 heteroatoms. The van der Waals surface area contributed by atoms with Gasteiger partial charge in [0.2, 0.25) is 5.91 Å². The largest absolute Gasteiger partial charge is 0.353 e. The number of fused-ring (bicyclic) bond motifs is 1. The summed E-state index contributed by atoms with van der Waals surface area (Å²) >= 11 is 0. The van der Waals surface area contributed by atoms with Gasteiger partial charge in [0.25, 0.3) is 0 Å². The second-order valence-corrected chi connectivity index (χ2v) is 5.94. The van der Waals surface area contributed by atoms with Crippen LogP contribution in [0.4, 0.5) is 10.2 Å². The molecular formula is C17H17FN6O. The van der Waals surface area contributed by atoms with Gasteiger partial charge < -0.3 is 9.80 Å². The van der Waals surface area contributed by atoms with Crippen LogP contribution in [0.1, 0.15) is 0 Å². The number of hydrogen-bond acceptors (Lipinski definition) is 5. The van der Waals surface area contributed by atoms with Crippen LogP contribution in [-0.4, -0.2) is 57.0 Å². The van der Waals surface area contributed by atoms with Gasteiger partial charge in [-0.05, 0) is 24.3 Å². The summed E-state index contributed by atoms with van der Waals surface area (Å²) in [5.74, 6) is 0.399. The molecule has 0 atom stereocenters. The quantitative estimate of drug-likeness (QED) is 0.719. The maximum Gasteiger partial charge on any atom is 0.244 e. The maximum atomic E-state index is 13.0. The van der Waals surface area contributed by atoms with Gasteiger partial charge in [-0.15, -0.1) is 5.10 Å². The highest BCUT2D eigenvalue weighted by molar-refractivity contribution is 5.80. The highest BCUT2D eigenvalue weighted by Crippen LogP contribution is 2.15. The van der Waals surface area contributed by atoms with Crippen LogP contribution in [0.15, 0.2) is 42.6 Å². The number of pyridine rings is 1. The fourth-order valence-electron chi connectivity index (χ4n) is 3.00. The lowest BCUT2D eigenvalue weighted by Crippen LogP contribution is -2.49. The molecule has 3 heterocycles. The van der Waals surface area contributed by atoms with Gasteiger partial charge in [-0.3, -0.25) is 4.79 Å². The normalized spacial score (nSPS) is 14.9. The first-order valence-corrected chi connectivity index (χ1v) is 8.13. The molecule has 1 amide bonds. The molecule has 0 bridgehead atoms. The maximum absolute atomic E-state index is 13.0. The van der Waals surface area contributed by atoms with Gasteiger partial charge in [0.1, 0.15) is 23.7 Å². The van der Waals surface area contributed by atoms with Crippen molar-refractivity contribution in [2.45, 2.75) is 6.54 Å². The van der Waals surface area contributed by atoms with E-state index in [9.17, 15) is 9.18 Å². The molecule has 4 rings (SSSR count). The number of anilines is 1. The minimum absolute atomic E-state index is 0.0161. The van der Waals surface area contributed by atoms with Crippen LogP contribution >= 0.6 is 0 Å². The van der Waals surface area contributed by atoms with E-state index in [0.29, 0.717) is 26.2 Å². The van der Waals surface area contributed by atoms with E-state index in [4.69, 9.17) is 0 Å². The molecule has 128 valence electrons. The number of carbonyl (C=O) groups is 1. The Morgan fingerprint density at radius 2 is 1.88 bits per heavy atom. The summed E-state index contributed by atoms with van der Waals surface area (Å²) in [5.41, 5.74) is 1.63. The monoisotopic (exact) mass is 340 g/mol. The van der Waals surface area contributed by atoms with E-state index in [2.05, 4.69) is 15.3 Å². The van der Waals surface area contributed by atoms with Crippen molar-refractivity contribution >= 4 is 22.8 Å². The zero-order valence-electron chi connectivity index (χ0n) is 13.5.